The SMILES string of the molecule is O=C(CNc1ccccc1F)Nc1cccc(C(=O)Nc2cccc(C(F)(F)F)c2)c1. The Bertz CT molecular complexity index is 1100. The Labute approximate surface area is 175 Å². The van der Waals surface area contributed by atoms with Crippen LogP contribution >= 0.6 is 0 Å². The maximum atomic E-state index is 13.6. The summed E-state index contributed by atoms with van der Waals surface area (Å²) in [6.07, 6.45) is -4.53. The molecular formula is C22H17F4N3O2. The van der Waals surface area contributed by atoms with Crippen LogP contribution in [0.3, 0.4) is 0 Å². The molecule has 0 aliphatic rings. The van der Waals surface area contributed by atoms with E-state index in [1.807, 2.05) is 0 Å². The zero-order chi connectivity index (χ0) is 22.4. The average Bonchev–Trinajstić information content (AvgIpc) is 2.73. The van der Waals surface area contributed by atoms with Crippen molar-refractivity contribution in [2.45, 2.75) is 6.18 Å². The number of para-hydroxylation sites is 1. The minimum Gasteiger partial charge on any atom is -0.374 e. The molecule has 3 aromatic rings. The van der Waals surface area contributed by atoms with E-state index in [4.69, 9.17) is 0 Å². The normalized spacial score (nSPS) is 11.0. The minimum absolute atomic E-state index is 0.0108. The van der Waals surface area contributed by atoms with Gasteiger partial charge in [-0.3, -0.25) is 9.59 Å². The van der Waals surface area contributed by atoms with Crippen LogP contribution in [0.25, 0.3) is 0 Å². The van der Waals surface area contributed by atoms with Gasteiger partial charge < -0.3 is 16.0 Å². The molecule has 3 N–H and O–H groups in total. The minimum atomic E-state index is -4.53. The van der Waals surface area contributed by atoms with E-state index in [9.17, 15) is 27.2 Å². The molecule has 31 heavy (non-hydrogen) atoms. The highest BCUT2D eigenvalue weighted by Gasteiger charge is 2.30. The molecule has 0 spiro atoms. The highest BCUT2D eigenvalue weighted by Crippen LogP contribution is 2.30. The zero-order valence-electron chi connectivity index (χ0n) is 16.0. The van der Waals surface area contributed by atoms with Crippen molar-refractivity contribution in [3.63, 3.8) is 0 Å². The van der Waals surface area contributed by atoms with Crippen LogP contribution in [-0.2, 0) is 11.0 Å². The largest absolute Gasteiger partial charge is 0.416 e. The number of carbonyl (C=O) groups is 2. The summed E-state index contributed by atoms with van der Waals surface area (Å²) in [5, 5.41) is 7.63. The summed E-state index contributed by atoms with van der Waals surface area (Å²) in [4.78, 5) is 24.5. The summed E-state index contributed by atoms with van der Waals surface area (Å²) < 4.78 is 52.0. The Balaban J connectivity index is 1.62. The van der Waals surface area contributed by atoms with E-state index in [1.54, 1.807) is 12.1 Å². The number of hydrogen-bond donors (Lipinski definition) is 3. The van der Waals surface area contributed by atoms with Gasteiger partial charge in [0.2, 0.25) is 5.91 Å². The number of halogens is 4. The van der Waals surface area contributed by atoms with Gasteiger partial charge in [-0.05, 0) is 48.5 Å². The summed E-state index contributed by atoms with van der Waals surface area (Å²) in [5.74, 6) is -1.61. The van der Waals surface area contributed by atoms with E-state index in [0.29, 0.717) is 5.69 Å². The molecule has 0 heterocycles. The maximum Gasteiger partial charge on any atom is 0.416 e. The van der Waals surface area contributed by atoms with Crippen molar-refractivity contribution in [1.82, 2.24) is 0 Å². The van der Waals surface area contributed by atoms with Crippen molar-refractivity contribution in [2.24, 2.45) is 0 Å². The lowest BCUT2D eigenvalue weighted by Crippen LogP contribution is -2.22. The molecule has 0 saturated heterocycles. The molecule has 0 radical (unpaired) electrons. The fourth-order valence-electron chi connectivity index (χ4n) is 2.70. The second-order valence-electron chi connectivity index (χ2n) is 6.50. The van der Waals surface area contributed by atoms with Crippen LogP contribution in [0, 0.1) is 5.82 Å². The van der Waals surface area contributed by atoms with Gasteiger partial charge in [-0.25, -0.2) is 4.39 Å². The lowest BCUT2D eigenvalue weighted by molar-refractivity contribution is -0.137. The quantitative estimate of drug-likeness (QED) is 0.473. The van der Waals surface area contributed by atoms with Crippen molar-refractivity contribution in [3.05, 3.63) is 89.7 Å². The van der Waals surface area contributed by atoms with E-state index in [1.165, 1.54) is 48.5 Å². The van der Waals surface area contributed by atoms with Crippen molar-refractivity contribution >= 4 is 28.9 Å². The Morgan fingerprint density at radius 3 is 2.19 bits per heavy atom. The smallest absolute Gasteiger partial charge is 0.374 e. The van der Waals surface area contributed by atoms with E-state index in [-0.39, 0.29) is 23.5 Å². The van der Waals surface area contributed by atoms with Crippen LogP contribution < -0.4 is 16.0 Å². The van der Waals surface area contributed by atoms with Crippen molar-refractivity contribution in [1.29, 1.82) is 0 Å². The van der Waals surface area contributed by atoms with Crippen LogP contribution in [-0.4, -0.2) is 18.4 Å². The lowest BCUT2D eigenvalue weighted by atomic mass is 10.1. The molecule has 0 saturated carbocycles. The molecule has 0 aromatic heterocycles. The second-order valence-corrected chi connectivity index (χ2v) is 6.50. The monoisotopic (exact) mass is 431 g/mol. The molecule has 0 aliphatic carbocycles. The first-order valence-electron chi connectivity index (χ1n) is 9.09. The summed E-state index contributed by atoms with van der Waals surface area (Å²) in [7, 11) is 0. The Hall–Kier alpha value is -3.88. The molecule has 3 aromatic carbocycles. The summed E-state index contributed by atoms with van der Waals surface area (Å²) in [6, 6.07) is 16.0. The highest BCUT2D eigenvalue weighted by molar-refractivity contribution is 6.05. The first kappa shape index (κ1) is 21.8. The standard InChI is InChI=1S/C22H17F4N3O2/c23-18-9-1-2-10-19(18)27-13-20(30)28-16-7-3-5-14(11-16)21(31)29-17-8-4-6-15(12-17)22(24,25)26/h1-12,27H,13H2,(H,28,30)(H,29,31). The first-order chi connectivity index (χ1) is 14.7. The van der Waals surface area contributed by atoms with Crippen LogP contribution in [0.1, 0.15) is 15.9 Å². The number of anilines is 3. The van der Waals surface area contributed by atoms with Gasteiger partial charge in [0.15, 0.2) is 0 Å². The van der Waals surface area contributed by atoms with Crippen molar-refractivity contribution < 1.29 is 27.2 Å². The zero-order valence-corrected chi connectivity index (χ0v) is 16.0. The number of hydrogen-bond acceptors (Lipinski definition) is 3. The molecule has 5 nitrogen and oxygen atoms in total. The number of alkyl halides is 3. The second kappa shape index (κ2) is 9.29. The Morgan fingerprint density at radius 1 is 0.806 bits per heavy atom. The fourth-order valence-corrected chi connectivity index (χ4v) is 2.70. The molecule has 0 bridgehead atoms. The van der Waals surface area contributed by atoms with E-state index >= 15 is 0 Å². The predicted molar refractivity (Wildman–Crippen MR) is 109 cm³/mol. The van der Waals surface area contributed by atoms with E-state index in [0.717, 1.165) is 12.1 Å². The van der Waals surface area contributed by atoms with Crippen LogP contribution in [0.4, 0.5) is 34.6 Å². The summed E-state index contributed by atoms with van der Waals surface area (Å²) in [5.41, 5.74) is -0.279. The van der Waals surface area contributed by atoms with Crippen LogP contribution in [0.15, 0.2) is 72.8 Å². The third-order valence-electron chi connectivity index (χ3n) is 4.17. The van der Waals surface area contributed by atoms with Crippen LogP contribution in [0.2, 0.25) is 0 Å². The number of rotatable bonds is 6. The highest BCUT2D eigenvalue weighted by atomic mass is 19.4. The van der Waals surface area contributed by atoms with Gasteiger partial charge >= 0.3 is 6.18 Å². The van der Waals surface area contributed by atoms with Gasteiger partial charge in [0.25, 0.3) is 5.91 Å². The lowest BCUT2D eigenvalue weighted by Gasteiger charge is -2.11. The maximum absolute atomic E-state index is 13.6. The molecule has 9 heteroatoms. The van der Waals surface area contributed by atoms with Crippen LogP contribution in [0.5, 0.6) is 0 Å². The third kappa shape index (κ3) is 6.05. The Kier molecular flexibility index (Phi) is 6.54. The van der Waals surface area contributed by atoms with Gasteiger partial charge in [-0.2, -0.15) is 13.2 Å². The number of amides is 2. The molecule has 0 atom stereocenters. The molecule has 3 rings (SSSR count). The number of nitrogens with one attached hydrogen (secondary N) is 3. The van der Waals surface area contributed by atoms with E-state index < -0.39 is 29.4 Å². The summed E-state index contributed by atoms with van der Waals surface area (Å²) in [6.45, 7) is -0.207. The van der Waals surface area contributed by atoms with Gasteiger partial charge in [0, 0.05) is 16.9 Å². The van der Waals surface area contributed by atoms with Gasteiger partial charge in [0.05, 0.1) is 17.8 Å². The summed E-state index contributed by atoms with van der Waals surface area (Å²) >= 11 is 0. The van der Waals surface area contributed by atoms with E-state index in [2.05, 4.69) is 16.0 Å². The van der Waals surface area contributed by atoms with Gasteiger partial charge in [-0.15, -0.1) is 0 Å². The average molecular weight is 431 g/mol. The van der Waals surface area contributed by atoms with Crippen molar-refractivity contribution in [2.75, 3.05) is 22.5 Å². The molecule has 0 aliphatic heterocycles. The molecule has 2 amide bonds. The first-order valence-corrected chi connectivity index (χ1v) is 9.09. The van der Waals surface area contributed by atoms with Gasteiger partial charge in [0.1, 0.15) is 5.82 Å². The predicted octanol–water partition coefficient (Wildman–Crippen LogP) is 5.15. The third-order valence-corrected chi connectivity index (χ3v) is 4.17. The van der Waals surface area contributed by atoms with Crippen molar-refractivity contribution in [3.8, 4) is 0 Å². The molecule has 160 valence electrons. The topological polar surface area (TPSA) is 70.2 Å². The number of carbonyl (C=O) groups excluding carboxylic acids is 2. The molecular weight excluding hydrogens is 414 g/mol. The van der Waals surface area contributed by atoms with Gasteiger partial charge in [-0.1, -0.05) is 24.3 Å². The number of benzene rings is 3. The molecule has 0 unspecified atom stereocenters. The Morgan fingerprint density at radius 2 is 1.48 bits per heavy atom. The fraction of sp³-hybridized carbons (Fsp3) is 0.0909. The molecule has 0 fully saturated rings.